The number of hydrogen-bond acceptors (Lipinski definition) is 3. The first-order valence-corrected chi connectivity index (χ1v) is 5.43. The van der Waals surface area contributed by atoms with Gasteiger partial charge >= 0.3 is 6.09 Å². The van der Waals surface area contributed by atoms with Crippen molar-refractivity contribution in [1.82, 2.24) is 4.90 Å². The highest BCUT2D eigenvalue weighted by molar-refractivity contribution is 5.84. The molecular weight excluding hydrogens is 196 g/mol. The van der Waals surface area contributed by atoms with E-state index >= 15 is 0 Å². The van der Waals surface area contributed by atoms with Crippen LogP contribution in [0.3, 0.4) is 0 Å². The Morgan fingerprint density at radius 1 is 1.27 bits per heavy atom. The van der Waals surface area contributed by atoms with Gasteiger partial charge in [0.2, 0.25) is 0 Å². The lowest BCUT2D eigenvalue weighted by atomic mass is 10.2. The van der Waals surface area contributed by atoms with Crippen molar-refractivity contribution < 1.29 is 14.3 Å². The maximum Gasteiger partial charge on any atom is 0.405 e. The molecule has 2 rings (SSSR count). The van der Waals surface area contributed by atoms with Gasteiger partial charge in [-0.3, -0.25) is 4.79 Å². The number of nitrogens with two attached hydrogens (primary N) is 1. The van der Waals surface area contributed by atoms with Crippen molar-refractivity contribution in [2.45, 2.75) is 31.8 Å². The van der Waals surface area contributed by atoms with E-state index in [2.05, 4.69) is 0 Å². The minimum Gasteiger partial charge on any atom is -0.436 e. The predicted molar refractivity (Wildman–Crippen MR) is 53.0 cm³/mol. The van der Waals surface area contributed by atoms with Gasteiger partial charge in [-0.15, -0.1) is 0 Å². The molecule has 0 aromatic carbocycles. The Balaban J connectivity index is 1.96. The van der Waals surface area contributed by atoms with Crippen molar-refractivity contribution in [2.75, 3.05) is 13.1 Å². The SMILES string of the molecule is NC(=O)O[C@H](C(=O)N1CCCC1)C1CC1. The molecule has 5 nitrogen and oxygen atoms in total. The largest absolute Gasteiger partial charge is 0.436 e. The monoisotopic (exact) mass is 212 g/mol. The Morgan fingerprint density at radius 3 is 2.33 bits per heavy atom. The fourth-order valence-corrected chi connectivity index (χ4v) is 1.99. The highest BCUT2D eigenvalue weighted by Crippen LogP contribution is 2.35. The van der Waals surface area contributed by atoms with Gasteiger partial charge in [0.25, 0.3) is 5.91 Å². The van der Waals surface area contributed by atoms with Crippen molar-refractivity contribution in [2.24, 2.45) is 11.7 Å². The molecule has 2 fully saturated rings. The third kappa shape index (κ3) is 2.40. The second-order valence-corrected chi connectivity index (χ2v) is 4.23. The predicted octanol–water partition coefficient (Wildman–Crippen LogP) is 0.483. The van der Waals surface area contributed by atoms with Crippen LogP contribution in [0.2, 0.25) is 0 Å². The number of primary amides is 1. The Hall–Kier alpha value is -1.26. The number of carbonyl (C=O) groups is 2. The van der Waals surface area contributed by atoms with Gasteiger partial charge in [0.05, 0.1) is 0 Å². The lowest BCUT2D eigenvalue weighted by molar-refractivity contribution is -0.140. The van der Waals surface area contributed by atoms with Gasteiger partial charge in [-0.05, 0) is 25.7 Å². The number of nitrogens with zero attached hydrogens (tertiary/aromatic N) is 1. The Kier molecular flexibility index (Phi) is 2.79. The zero-order valence-electron chi connectivity index (χ0n) is 8.65. The van der Waals surface area contributed by atoms with E-state index in [0.717, 1.165) is 38.8 Å². The molecule has 2 aliphatic rings. The number of likely N-dealkylation sites (tertiary alicyclic amines) is 1. The molecule has 2 amide bonds. The average molecular weight is 212 g/mol. The number of amides is 2. The van der Waals surface area contributed by atoms with Crippen LogP contribution in [0.1, 0.15) is 25.7 Å². The summed E-state index contributed by atoms with van der Waals surface area (Å²) in [6.45, 7) is 1.56. The van der Waals surface area contributed by atoms with Crippen molar-refractivity contribution in [3.8, 4) is 0 Å². The van der Waals surface area contributed by atoms with Crippen molar-refractivity contribution in [1.29, 1.82) is 0 Å². The van der Waals surface area contributed by atoms with E-state index in [9.17, 15) is 9.59 Å². The van der Waals surface area contributed by atoms with Gasteiger partial charge in [-0.25, -0.2) is 4.79 Å². The van der Waals surface area contributed by atoms with Gasteiger partial charge in [0.15, 0.2) is 6.10 Å². The maximum atomic E-state index is 12.0. The minimum atomic E-state index is -0.848. The molecule has 1 saturated heterocycles. The normalized spacial score (nSPS) is 22.5. The highest BCUT2D eigenvalue weighted by Gasteiger charge is 2.41. The minimum absolute atomic E-state index is 0.0613. The van der Waals surface area contributed by atoms with E-state index in [4.69, 9.17) is 10.5 Å². The second-order valence-electron chi connectivity index (χ2n) is 4.23. The molecule has 0 aromatic heterocycles. The lowest BCUT2D eigenvalue weighted by Gasteiger charge is -2.22. The molecule has 1 heterocycles. The summed E-state index contributed by atoms with van der Waals surface area (Å²) in [5.74, 6) is 0.138. The molecule has 0 radical (unpaired) electrons. The molecule has 1 saturated carbocycles. The molecular formula is C10H16N2O3. The van der Waals surface area contributed by atoms with E-state index in [1.807, 2.05) is 0 Å². The smallest absolute Gasteiger partial charge is 0.405 e. The lowest BCUT2D eigenvalue weighted by Crippen LogP contribution is -2.41. The third-order valence-electron chi connectivity index (χ3n) is 2.95. The van der Waals surface area contributed by atoms with Crippen LogP contribution in [0.5, 0.6) is 0 Å². The summed E-state index contributed by atoms with van der Waals surface area (Å²) >= 11 is 0. The van der Waals surface area contributed by atoms with Crippen LogP contribution in [0.25, 0.3) is 0 Å². The summed E-state index contributed by atoms with van der Waals surface area (Å²) in [5.41, 5.74) is 4.96. The summed E-state index contributed by atoms with van der Waals surface area (Å²) in [6.07, 6.45) is 2.52. The Labute approximate surface area is 88.5 Å². The van der Waals surface area contributed by atoms with Crippen LogP contribution < -0.4 is 5.73 Å². The van der Waals surface area contributed by atoms with Crippen LogP contribution in [0.15, 0.2) is 0 Å². The van der Waals surface area contributed by atoms with Crippen LogP contribution in [0.4, 0.5) is 4.79 Å². The van der Waals surface area contributed by atoms with E-state index in [1.54, 1.807) is 4.90 Å². The molecule has 0 aromatic rings. The van der Waals surface area contributed by atoms with E-state index in [0.29, 0.717) is 0 Å². The number of carbonyl (C=O) groups excluding carboxylic acids is 2. The van der Waals surface area contributed by atoms with Crippen LogP contribution in [-0.4, -0.2) is 36.1 Å². The van der Waals surface area contributed by atoms with E-state index in [1.165, 1.54) is 0 Å². The standard InChI is InChI=1S/C10H16N2O3/c11-10(14)15-8(7-3-4-7)9(13)12-5-1-2-6-12/h7-8H,1-6H2,(H2,11,14)/t8-/m0/s1. The van der Waals surface area contributed by atoms with Gasteiger partial charge in [-0.2, -0.15) is 0 Å². The summed E-state index contributed by atoms with van der Waals surface area (Å²) in [4.78, 5) is 24.4. The van der Waals surface area contributed by atoms with Gasteiger partial charge in [-0.1, -0.05) is 0 Å². The number of rotatable bonds is 3. The van der Waals surface area contributed by atoms with Crippen molar-refractivity contribution in [3.05, 3.63) is 0 Å². The first-order chi connectivity index (χ1) is 7.18. The molecule has 84 valence electrons. The molecule has 0 unspecified atom stereocenters. The van der Waals surface area contributed by atoms with Gasteiger partial charge in [0.1, 0.15) is 0 Å². The summed E-state index contributed by atoms with van der Waals surface area (Å²) < 4.78 is 4.90. The van der Waals surface area contributed by atoms with Crippen molar-refractivity contribution in [3.63, 3.8) is 0 Å². The highest BCUT2D eigenvalue weighted by atomic mass is 16.6. The molecule has 1 atom stereocenters. The quantitative estimate of drug-likeness (QED) is 0.739. The molecule has 5 heteroatoms. The van der Waals surface area contributed by atoms with Gasteiger partial charge < -0.3 is 15.4 Å². The molecule has 1 aliphatic heterocycles. The molecule has 2 N–H and O–H groups in total. The van der Waals surface area contributed by atoms with E-state index in [-0.39, 0.29) is 11.8 Å². The zero-order chi connectivity index (χ0) is 10.8. The number of hydrogen-bond donors (Lipinski definition) is 1. The van der Waals surface area contributed by atoms with Crippen LogP contribution in [-0.2, 0) is 9.53 Å². The van der Waals surface area contributed by atoms with E-state index < -0.39 is 12.2 Å². The first-order valence-electron chi connectivity index (χ1n) is 5.43. The third-order valence-corrected chi connectivity index (χ3v) is 2.95. The average Bonchev–Trinajstić information content (AvgIpc) is 2.88. The summed E-state index contributed by atoms with van der Waals surface area (Å²) in [5, 5.41) is 0. The van der Waals surface area contributed by atoms with Crippen LogP contribution >= 0.6 is 0 Å². The van der Waals surface area contributed by atoms with Crippen molar-refractivity contribution >= 4 is 12.0 Å². The van der Waals surface area contributed by atoms with Crippen LogP contribution in [0, 0.1) is 5.92 Å². The molecule has 0 bridgehead atoms. The first kappa shape index (κ1) is 10.3. The summed E-state index contributed by atoms with van der Waals surface area (Å²) in [6, 6.07) is 0. The number of ether oxygens (including phenoxy) is 1. The fraction of sp³-hybridized carbons (Fsp3) is 0.800. The maximum absolute atomic E-state index is 12.0. The Bertz CT molecular complexity index is 270. The molecule has 0 spiro atoms. The topological polar surface area (TPSA) is 72.6 Å². The summed E-state index contributed by atoms with van der Waals surface area (Å²) in [7, 11) is 0. The van der Waals surface area contributed by atoms with Gasteiger partial charge in [0, 0.05) is 19.0 Å². The molecule has 1 aliphatic carbocycles. The Morgan fingerprint density at radius 2 is 1.87 bits per heavy atom. The molecule has 15 heavy (non-hydrogen) atoms. The zero-order valence-corrected chi connectivity index (χ0v) is 8.65. The fourth-order valence-electron chi connectivity index (χ4n) is 1.99. The second kappa shape index (κ2) is 4.08.